The fraction of sp³-hybridized carbons (Fsp3) is 0.902. The number of ether oxygens (including phenoxy) is 1. The molecular formula is C82H157NO5. The van der Waals surface area contributed by atoms with E-state index in [1.54, 1.807) is 0 Å². The van der Waals surface area contributed by atoms with Crippen LogP contribution in [0.15, 0.2) is 36.5 Å². The third-order valence-corrected chi connectivity index (χ3v) is 18.9. The normalized spacial score (nSPS) is 12.6. The third kappa shape index (κ3) is 73.1. The molecule has 0 aromatic carbocycles. The molecule has 0 aliphatic carbocycles. The number of amides is 1. The van der Waals surface area contributed by atoms with Gasteiger partial charge in [-0.3, -0.25) is 9.59 Å². The molecule has 1 amide bonds. The third-order valence-electron chi connectivity index (χ3n) is 18.9. The maximum Gasteiger partial charge on any atom is 0.305 e. The Labute approximate surface area is 551 Å². The highest BCUT2D eigenvalue weighted by Gasteiger charge is 2.20. The van der Waals surface area contributed by atoms with Gasteiger partial charge in [-0.1, -0.05) is 391 Å². The average Bonchev–Trinajstić information content (AvgIpc) is 3.58. The number of allylic oxidation sites excluding steroid dienone is 6. The lowest BCUT2D eigenvalue weighted by atomic mass is 10.0. The molecule has 0 radical (unpaired) electrons. The largest absolute Gasteiger partial charge is 0.466 e. The van der Waals surface area contributed by atoms with Crippen molar-refractivity contribution < 1.29 is 24.5 Å². The fourth-order valence-corrected chi connectivity index (χ4v) is 12.8. The Hall–Kier alpha value is -1.92. The summed E-state index contributed by atoms with van der Waals surface area (Å²) in [5, 5.41) is 23.4. The zero-order valence-electron chi connectivity index (χ0n) is 59.7. The lowest BCUT2D eigenvalue weighted by Gasteiger charge is -2.22. The molecule has 3 N–H and O–H groups in total. The summed E-state index contributed by atoms with van der Waals surface area (Å²) in [5.41, 5.74) is 0. The van der Waals surface area contributed by atoms with E-state index in [1.165, 1.54) is 366 Å². The Morgan fingerprint density at radius 2 is 0.568 bits per heavy atom. The second kappa shape index (κ2) is 77.5. The number of carbonyl (C=O) groups is 2. The Kier molecular flexibility index (Phi) is 75.8. The first-order chi connectivity index (χ1) is 43.5. The summed E-state index contributed by atoms with van der Waals surface area (Å²) in [4.78, 5) is 24.6. The lowest BCUT2D eigenvalue weighted by Crippen LogP contribution is -2.45. The number of esters is 1. The van der Waals surface area contributed by atoms with Crippen LogP contribution in [0.4, 0.5) is 0 Å². The van der Waals surface area contributed by atoms with Gasteiger partial charge >= 0.3 is 5.97 Å². The molecule has 0 aromatic rings. The van der Waals surface area contributed by atoms with E-state index >= 15 is 0 Å². The van der Waals surface area contributed by atoms with Gasteiger partial charge in [-0.05, 0) is 83.5 Å². The van der Waals surface area contributed by atoms with Gasteiger partial charge in [0.2, 0.25) is 5.91 Å². The molecule has 0 bridgehead atoms. The van der Waals surface area contributed by atoms with Crippen LogP contribution in [0.2, 0.25) is 0 Å². The van der Waals surface area contributed by atoms with Crippen LogP contribution in [0, 0.1) is 0 Å². The molecule has 0 aliphatic heterocycles. The smallest absolute Gasteiger partial charge is 0.305 e. The number of carbonyl (C=O) groups excluding carboxylic acids is 2. The Balaban J connectivity index is 3.32. The maximum absolute atomic E-state index is 12.5. The maximum atomic E-state index is 12.5. The van der Waals surface area contributed by atoms with Crippen LogP contribution in [0.1, 0.15) is 450 Å². The summed E-state index contributed by atoms with van der Waals surface area (Å²) in [5.74, 6) is -0.0176. The molecular weight excluding hydrogens is 1080 g/mol. The standard InChI is InChI=1S/C82H157NO5/c1-3-5-7-9-11-13-15-17-19-43-47-50-54-58-62-66-70-74-80(85)79(78-84)83-81(86)75-71-67-63-59-55-51-48-44-41-39-37-35-33-31-29-27-25-23-21-20-22-24-26-28-30-32-34-36-38-40-42-45-49-53-57-61-65-69-73-77-88-82(87)76-72-68-64-60-56-52-46-18-16-14-12-10-8-6-4-2/h12,14,18,20-21,46,79-80,84-85H,3-11,13,15-17,19,22-45,47-78H2,1-2H3,(H,83,86)/b14-12-,21-20-,46-18-. The van der Waals surface area contributed by atoms with Gasteiger partial charge < -0.3 is 20.3 Å². The molecule has 0 aliphatic rings. The van der Waals surface area contributed by atoms with Crippen molar-refractivity contribution in [1.82, 2.24) is 5.32 Å². The van der Waals surface area contributed by atoms with Crippen LogP contribution < -0.4 is 5.32 Å². The SMILES string of the molecule is CCCCC/C=C\C/C=C\CCCCCCCC(=O)OCCCCCCCCCCCCCCCCCCCC/C=C\CCCCCCCCCCCCCCCCCCCC(=O)NC(CO)C(O)CCCCCCCCCCCCCCCCCCC. The number of hydrogen-bond donors (Lipinski definition) is 3. The minimum atomic E-state index is -0.661. The van der Waals surface area contributed by atoms with Crippen molar-refractivity contribution in [2.75, 3.05) is 13.2 Å². The molecule has 0 spiro atoms. The van der Waals surface area contributed by atoms with Crippen LogP contribution in [0.3, 0.4) is 0 Å². The molecule has 6 nitrogen and oxygen atoms in total. The molecule has 0 aromatic heterocycles. The van der Waals surface area contributed by atoms with Gasteiger partial charge in [0.1, 0.15) is 0 Å². The van der Waals surface area contributed by atoms with Crippen molar-refractivity contribution in [3.8, 4) is 0 Å². The van der Waals surface area contributed by atoms with E-state index in [0.717, 1.165) is 51.4 Å². The van der Waals surface area contributed by atoms with Gasteiger partial charge in [0.15, 0.2) is 0 Å². The van der Waals surface area contributed by atoms with Gasteiger partial charge in [0.05, 0.1) is 25.4 Å². The van der Waals surface area contributed by atoms with E-state index in [0.29, 0.717) is 25.9 Å². The van der Waals surface area contributed by atoms with E-state index in [9.17, 15) is 19.8 Å². The molecule has 0 fully saturated rings. The minimum Gasteiger partial charge on any atom is -0.466 e. The molecule has 2 atom stereocenters. The monoisotopic (exact) mass is 1240 g/mol. The molecule has 520 valence electrons. The highest BCUT2D eigenvalue weighted by Crippen LogP contribution is 2.20. The second-order valence-corrected chi connectivity index (χ2v) is 27.7. The first-order valence-electron chi connectivity index (χ1n) is 40.2. The highest BCUT2D eigenvalue weighted by molar-refractivity contribution is 5.76. The summed E-state index contributed by atoms with van der Waals surface area (Å²) in [7, 11) is 0. The number of nitrogens with one attached hydrogen (secondary N) is 1. The Morgan fingerprint density at radius 3 is 0.898 bits per heavy atom. The molecule has 0 rings (SSSR count). The summed E-state index contributed by atoms with van der Waals surface area (Å²) >= 11 is 0. The zero-order valence-corrected chi connectivity index (χ0v) is 59.7. The lowest BCUT2D eigenvalue weighted by molar-refractivity contribution is -0.143. The molecule has 0 heterocycles. The molecule has 0 saturated heterocycles. The Morgan fingerprint density at radius 1 is 0.318 bits per heavy atom. The first kappa shape index (κ1) is 86.1. The van der Waals surface area contributed by atoms with Crippen LogP contribution >= 0.6 is 0 Å². The number of aliphatic hydroxyl groups is 2. The molecule has 6 heteroatoms. The van der Waals surface area contributed by atoms with Crippen molar-refractivity contribution in [1.29, 1.82) is 0 Å². The summed E-state index contributed by atoms with van der Waals surface area (Å²) in [6, 6.07) is -0.538. The first-order valence-corrected chi connectivity index (χ1v) is 40.2. The fourth-order valence-electron chi connectivity index (χ4n) is 12.8. The van der Waals surface area contributed by atoms with Crippen LogP contribution in [0.25, 0.3) is 0 Å². The predicted octanol–water partition coefficient (Wildman–Crippen LogP) is 26.6. The van der Waals surface area contributed by atoms with Crippen LogP contribution in [-0.4, -0.2) is 47.4 Å². The summed E-state index contributed by atoms with van der Waals surface area (Å²) in [6.45, 7) is 4.97. The van der Waals surface area contributed by atoms with Crippen molar-refractivity contribution >= 4 is 11.9 Å². The Bertz CT molecular complexity index is 1430. The van der Waals surface area contributed by atoms with Gasteiger partial charge in [-0.15, -0.1) is 0 Å². The summed E-state index contributed by atoms with van der Waals surface area (Å²) < 4.78 is 5.49. The number of rotatable bonds is 76. The second-order valence-electron chi connectivity index (χ2n) is 27.7. The van der Waals surface area contributed by atoms with Gasteiger partial charge in [0.25, 0.3) is 0 Å². The zero-order chi connectivity index (χ0) is 63.5. The van der Waals surface area contributed by atoms with Crippen LogP contribution in [0.5, 0.6) is 0 Å². The van der Waals surface area contributed by atoms with E-state index in [4.69, 9.17) is 4.74 Å². The van der Waals surface area contributed by atoms with Crippen molar-refractivity contribution in [2.24, 2.45) is 0 Å². The number of unbranched alkanes of at least 4 members (excludes halogenated alkanes) is 59. The number of hydrogen-bond acceptors (Lipinski definition) is 5. The average molecular weight is 1240 g/mol. The quantitative estimate of drug-likeness (QED) is 0.0320. The van der Waals surface area contributed by atoms with Crippen molar-refractivity contribution in [3.05, 3.63) is 36.5 Å². The van der Waals surface area contributed by atoms with Crippen LogP contribution in [-0.2, 0) is 14.3 Å². The topological polar surface area (TPSA) is 95.9 Å². The van der Waals surface area contributed by atoms with Crippen molar-refractivity contribution in [2.45, 2.75) is 463 Å². The summed E-state index contributed by atoms with van der Waals surface area (Å²) in [6.07, 6.45) is 101. The number of aliphatic hydroxyl groups excluding tert-OH is 2. The van der Waals surface area contributed by atoms with E-state index < -0.39 is 12.1 Å². The van der Waals surface area contributed by atoms with Gasteiger partial charge in [-0.25, -0.2) is 0 Å². The molecule has 2 unspecified atom stereocenters. The minimum absolute atomic E-state index is 0.00898. The van der Waals surface area contributed by atoms with Crippen molar-refractivity contribution in [3.63, 3.8) is 0 Å². The predicted molar refractivity (Wildman–Crippen MR) is 389 cm³/mol. The highest BCUT2D eigenvalue weighted by atomic mass is 16.5. The molecule has 88 heavy (non-hydrogen) atoms. The van der Waals surface area contributed by atoms with Gasteiger partial charge in [-0.2, -0.15) is 0 Å². The van der Waals surface area contributed by atoms with E-state index in [-0.39, 0.29) is 18.5 Å². The van der Waals surface area contributed by atoms with Gasteiger partial charge in [0, 0.05) is 12.8 Å². The molecule has 0 saturated carbocycles. The van der Waals surface area contributed by atoms with E-state index in [2.05, 4.69) is 55.6 Å². The van der Waals surface area contributed by atoms with E-state index in [1.807, 2.05) is 0 Å².